The Kier molecular flexibility index (Phi) is 8.42. The zero-order valence-corrected chi connectivity index (χ0v) is 33.5. The first-order valence-corrected chi connectivity index (χ1v) is 20.8. The number of hydrogen-bond donors (Lipinski definition) is 0. The van der Waals surface area contributed by atoms with E-state index in [0.717, 1.165) is 88.6 Å². The van der Waals surface area contributed by atoms with Crippen molar-refractivity contribution in [2.24, 2.45) is 0 Å². The molecule has 0 atom stereocenters. The maximum absolute atomic E-state index is 6.79. The van der Waals surface area contributed by atoms with E-state index >= 15 is 0 Å². The van der Waals surface area contributed by atoms with Crippen LogP contribution in [0.5, 0.6) is 0 Å². The predicted molar refractivity (Wildman–Crippen MR) is 254 cm³/mol. The minimum atomic E-state index is 0.607. The third kappa shape index (κ3) is 6.14. The minimum absolute atomic E-state index is 0.607. The van der Waals surface area contributed by atoms with Crippen LogP contribution in [0.1, 0.15) is 0 Å². The molecular weight excluding hydrogens is 757 g/mol. The monoisotopic (exact) mass is 792 g/mol. The summed E-state index contributed by atoms with van der Waals surface area (Å²) in [6.07, 6.45) is 0. The molecular formula is C57H36N4O. The summed E-state index contributed by atoms with van der Waals surface area (Å²) in [4.78, 5) is 15.2. The van der Waals surface area contributed by atoms with Crippen molar-refractivity contribution in [2.75, 3.05) is 0 Å². The molecule has 5 heteroatoms. The highest BCUT2D eigenvalue weighted by Crippen LogP contribution is 2.41. The molecule has 0 aliphatic heterocycles. The van der Waals surface area contributed by atoms with Gasteiger partial charge in [0.05, 0.1) is 11.0 Å². The normalized spacial score (nSPS) is 11.5. The van der Waals surface area contributed by atoms with Gasteiger partial charge in [-0.25, -0.2) is 15.0 Å². The maximum atomic E-state index is 6.79. The molecule has 3 aromatic heterocycles. The molecule has 0 bridgehead atoms. The smallest absolute Gasteiger partial charge is 0.164 e. The second kappa shape index (κ2) is 14.7. The van der Waals surface area contributed by atoms with Crippen LogP contribution >= 0.6 is 0 Å². The molecule has 3 heterocycles. The van der Waals surface area contributed by atoms with Crippen LogP contribution in [0.3, 0.4) is 0 Å². The van der Waals surface area contributed by atoms with Gasteiger partial charge in [0, 0.05) is 49.5 Å². The largest absolute Gasteiger partial charge is 0.455 e. The first kappa shape index (κ1) is 35.5. The predicted octanol–water partition coefficient (Wildman–Crippen LogP) is 14.9. The summed E-state index contributed by atoms with van der Waals surface area (Å²) in [5, 5.41) is 4.53. The van der Waals surface area contributed by atoms with Crippen molar-refractivity contribution >= 4 is 43.7 Å². The van der Waals surface area contributed by atoms with Gasteiger partial charge >= 0.3 is 0 Å². The third-order valence-electron chi connectivity index (χ3n) is 11.9. The third-order valence-corrected chi connectivity index (χ3v) is 11.9. The second-order valence-corrected chi connectivity index (χ2v) is 15.6. The average Bonchev–Trinajstić information content (AvgIpc) is 3.89. The Balaban J connectivity index is 0.940. The first-order valence-electron chi connectivity index (χ1n) is 20.8. The Morgan fingerprint density at radius 1 is 0.306 bits per heavy atom. The molecule has 0 unspecified atom stereocenters. The highest BCUT2D eigenvalue weighted by atomic mass is 16.3. The van der Waals surface area contributed by atoms with Crippen LogP contribution in [-0.4, -0.2) is 19.5 Å². The Hall–Kier alpha value is -8.41. The molecule has 0 aliphatic carbocycles. The van der Waals surface area contributed by atoms with Crippen LogP contribution in [0.4, 0.5) is 0 Å². The summed E-state index contributed by atoms with van der Waals surface area (Å²) >= 11 is 0. The van der Waals surface area contributed by atoms with Gasteiger partial charge in [-0.3, -0.25) is 0 Å². The summed E-state index contributed by atoms with van der Waals surface area (Å²) in [5.41, 5.74) is 14.6. The number of para-hydroxylation sites is 3. The molecule has 0 aliphatic rings. The number of furan rings is 1. The topological polar surface area (TPSA) is 56.7 Å². The van der Waals surface area contributed by atoms with E-state index in [9.17, 15) is 0 Å². The fraction of sp³-hybridized carbons (Fsp3) is 0. The van der Waals surface area contributed by atoms with Crippen LogP contribution < -0.4 is 0 Å². The average molecular weight is 793 g/mol. The fourth-order valence-electron chi connectivity index (χ4n) is 8.79. The standard InChI is InChI=1S/C57H36N4O/c1-4-13-37(14-5-1)39-23-29-42(30-24-39)55-58-56(43-31-25-40(26-32-43)38-15-6-2-7-16-38)60-57(59-55)44-33-27-41(28-34-44)46-20-12-21-48-50-35-52-49(36-53(50)62-54(46)48)47-19-10-11-22-51(47)61(52)45-17-8-3-9-18-45/h1-36H. The summed E-state index contributed by atoms with van der Waals surface area (Å²) < 4.78 is 9.14. The van der Waals surface area contributed by atoms with Crippen molar-refractivity contribution in [2.45, 2.75) is 0 Å². The van der Waals surface area contributed by atoms with Crippen molar-refractivity contribution < 1.29 is 4.42 Å². The highest BCUT2D eigenvalue weighted by molar-refractivity contribution is 6.18. The summed E-state index contributed by atoms with van der Waals surface area (Å²) in [6.45, 7) is 0. The molecule has 0 spiro atoms. The quantitative estimate of drug-likeness (QED) is 0.161. The number of hydrogen-bond acceptors (Lipinski definition) is 4. The van der Waals surface area contributed by atoms with Gasteiger partial charge in [0.25, 0.3) is 0 Å². The van der Waals surface area contributed by atoms with Gasteiger partial charge in [-0.15, -0.1) is 0 Å². The number of rotatable bonds is 7. The van der Waals surface area contributed by atoms with E-state index in [2.05, 4.69) is 211 Å². The van der Waals surface area contributed by atoms with E-state index in [4.69, 9.17) is 19.4 Å². The van der Waals surface area contributed by atoms with Crippen molar-refractivity contribution in [1.29, 1.82) is 0 Å². The SMILES string of the molecule is c1ccc(-c2ccc(-c3nc(-c4ccc(-c5ccccc5)cc4)nc(-c4ccc(-c5cccc6c5oc5cc7c8ccccc8n(-c8ccccc8)c7cc56)cc4)n3)cc2)cc1. The fourth-order valence-corrected chi connectivity index (χ4v) is 8.79. The molecule has 0 fully saturated rings. The van der Waals surface area contributed by atoms with E-state index in [1.165, 1.54) is 10.9 Å². The van der Waals surface area contributed by atoms with Crippen molar-refractivity contribution in [3.63, 3.8) is 0 Å². The number of benzene rings is 9. The van der Waals surface area contributed by atoms with E-state index in [1.54, 1.807) is 0 Å². The molecule has 62 heavy (non-hydrogen) atoms. The van der Waals surface area contributed by atoms with E-state index in [1.807, 2.05) is 12.1 Å². The van der Waals surface area contributed by atoms with E-state index in [0.29, 0.717) is 17.5 Å². The molecule has 0 N–H and O–H groups in total. The van der Waals surface area contributed by atoms with Crippen LogP contribution in [0, 0.1) is 0 Å². The van der Waals surface area contributed by atoms with Gasteiger partial charge < -0.3 is 8.98 Å². The van der Waals surface area contributed by atoms with Gasteiger partial charge in [-0.2, -0.15) is 0 Å². The molecule has 0 amide bonds. The lowest BCUT2D eigenvalue weighted by Gasteiger charge is -2.10. The zero-order chi connectivity index (χ0) is 41.0. The molecule has 0 saturated heterocycles. The molecule has 0 saturated carbocycles. The summed E-state index contributed by atoms with van der Waals surface area (Å²) in [7, 11) is 0. The molecule has 9 aromatic carbocycles. The van der Waals surface area contributed by atoms with Crippen LogP contribution in [0.2, 0.25) is 0 Å². The molecule has 12 aromatic rings. The zero-order valence-electron chi connectivity index (χ0n) is 33.5. The highest BCUT2D eigenvalue weighted by Gasteiger charge is 2.19. The van der Waals surface area contributed by atoms with Gasteiger partial charge in [0.1, 0.15) is 11.2 Å². The Labute approximate surface area is 357 Å². The molecule has 290 valence electrons. The lowest BCUT2D eigenvalue weighted by molar-refractivity contribution is 0.670. The molecule has 12 rings (SSSR count). The Morgan fingerprint density at radius 2 is 0.758 bits per heavy atom. The maximum Gasteiger partial charge on any atom is 0.164 e. The second-order valence-electron chi connectivity index (χ2n) is 15.6. The lowest BCUT2D eigenvalue weighted by atomic mass is 10.0. The minimum Gasteiger partial charge on any atom is -0.455 e. The van der Waals surface area contributed by atoms with E-state index < -0.39 is 0 Å². The Bertz CT molecular complexity index is 3480. The lowest BCUT2D eigenvalue weighted by Crippen LogP contribution is -2.00. The summed E-state index contributed by atoms with van der Waals surface area (Å²) in [5.74, 6) is 1.84. The van der Waals surface area contributed by atoms with Crippen LogP contribution in [-0.2, 0) is 0 Å². The summed E-state index contributed by atoms with van der Waals surface area (Å²) in [6, 6.07) is 76.2. The van der Waals surface area contributed by atoms with Gasteiger partial charge in [-0.1, -0.05) is 188 Å². The van der Waals surface area contributed by atoms with Crippen LogP contribution in [0.25, 0.3) is 117 Å². The molecule has 0 radical (unpaired) electrons. The van der Waals surface area contributed by atoms with Crippen LogP contribution in [0.15, 0.2) is 223 Å². The van der Waals surface area contributed by atoms with Gasteiger partial charge in [0.2, 0.25) is 0 Å². The number of nitrogens with zero attached hydrogens (tertiary/aromatic N) is 4. The van der Waals surface area contributed by atoms with Crippen molar-refractivity contribution in [3.05, 3.63) is 218 Å². The van der Waals surface area contributed by atoms with Gasteiger partial charge in [0.15, 0.2) is 17.5 Å². The number of fused-ring (bicyclic) bond motifs is 6. The molecule has 5 nitrogen and oxygen atoms in total. The Morgan fingerprint density at radius 3 is 1.32 bits per heavy atom. The van der Waals surface area contributed by atoms with Crippen molar-refractivity contribution in [3.8, 4) is 73.2 Å². The number of aromatic nitrogens is 4. The van der Waals surface area contributed by atoms with E-state index in [-0.39, 0.29) is 0 Å². The van der Waals surface area contributed by atoms with Gasteiger partial charge in [-0.05, 0) is 58.1 Å². The first-order chi connectivity index (χ1) is 30.7. The van der Waals surface area contributed by atoms with Crippen molar-refractivity contribution in [1.82, 2.24) is 19.5 Å².